The zero-order chi connectivity index (χ0) is 40.7. The lowest BCUT2D eigenvalue weighted by atomic mass is 9.70. The number of anilines is 1. The van der Waals surface area contributed by atoms with Crippen molar-refractivity contribution in [1.29, 1.82) is 0 Å². The maximum Gasteiger partial charge on any atom is 0.303 e. The van der Waals surface area contributed by atoms with Gasteiger partial charge < -0.3 is 34.8 Å². The zero-order valence-corrected chi connectivity index (χ0v) is 33.8. The number of hydrogen-bond donors (Lipinski definition) is 4. The predicted molar refractivity (Wildman–Crippen MR) is 209 cm³/mol. The Kier molecular flexibility index (Phi) is 14.8. The van der Waals surface area contributed by atoms with Crippen molar-refractivity contribution in [3.63, 3.8) is 0 Å². The second kappa shape index (κ2) is 18.9. The summed E-state index contributed by atoms with van der Waals surface area (Å²) in [7, 11) is -0.318. The van der Waals surface area contributed by atoms with Crippen LogP contribution in [0.2, 0.25) is 5.02 Å². The highest BCUT2D eigenvalue weighted by Gasteiger charge is 2.44. The van der Waals surface area contributed by atoms with E-state index in [2.05, 4.69) is 10.2 Å². The molecule has 310 valence electrons. The van der Waals surface area contributed by atoms with Gasteiger partial charge in [0.25, 0.3) is 11.8 Å². The largest absolute Gasteiger partial charge is 0.487 e. The molecule has 0 spiro atoms. The fraction of sp³-hybridized carbons (Fsp3) is 0.590. The second-order valence-electron chi connectivity index (χ2n) is 15.1. The summed E-state index contributed by atoms with van der Waals surface area (Å²) >= 11 is 6.36. The van der Waals surface area contributed by atoms with E-state index in [1.54, 1.807) is 12.1 Å². The lowest BCUT2D eigenvalue weighted by molar-refractivity contribution is -0.148. The number of benzene rings is 2. The molecule has 17 heteroatoms. The van der Waals surface area contributed by atoms with Crippen LogP contribution in [-0.4, -0.2) is 119 Å². The van der Waals surface area contributed by atoms with Crippen LogP contribution in [0.25, 0.3) is 0 Å². The Balaban J connectivity index is 1.54. The second-order valence-corrected chi connectivity index (χ2v) is 17.4. The van der Waals surface area contributed by atoms with Gasteiger partial charge in [0.2, 0.25) is 5.91 Å². The van der Waals surface area contributed by atoms with Crippen molar-refractivity contribution in [2.45, 2.75) is 69.2 Å². The first kappa shape index (κ1) is 43.7. The molecule has 1 saturated carbocycles. The zero-order valence-electron chi connectivity index (χ0n) is 32.2. The average molecular weight is 826 g/mol. The van der Waals surface area contributed by atoms with Crippen molar-refractivity contribution in [1.82, 2.24) is 19.2 Å². The molecule has 1 unspecified atom stereocenters. The molecule has 0 radical (unpaired) electrons. The number of nitrogens with one attached hydrogen (secondary N) is 2. The summed E-state index contributed by atoms with van der Waals surface area (Å²) in [5, 5.41) is 24.4. The maximum absolute atomic E-state index is 13.9. The molecule has 2 bridgehead atoms. The summed E-state index contributed by atoms with van der Waals surface area (Å²) in [6, 6.07) is 10.4. The smallest absolute Gasteiger partial charge is 0.303 e. The SMILES string of the molecule is CN1CC/C=C/[C@H](OCCNCC(F)(F)CO)[C@@H]2CC[C@H]2CN2CCCCc3cc(Cl)ccc3COc3ccc(cc32)C(O)(C(=O)NS(=O)(=O)N(C)C)CC1=O. The first-order chi connectivity index (χ1) is 26.5. The van der Waals surface area contributed by atoms with Crippen LogP contribution in [0.5, 0.6) is 5.75 Å². The fourth-order valence-corrected chi connectivity index (χ4v) is 8.01. The van der Waals surface area contributed by atoms with Gasteiger partial charge in [0.15, 0.2) is 5.60 Å². The number of rotatable bonds is 10. The van der Waals surface area contributed by atoms with Gasteiger partial charge in [-0.15, -0.1) is 0 Å². The van der Waals surface area contributed by atoms with Gasteiger partial charge in [-0.3, -0.25) is 9.59 Å². The molecule has 13 nitrogen and oxygen atoms in total. The number of carbonyl (C=O) groups is 2. The molecule has 2 aromatic carbocycles. The van der Waals surface area contributed by atoms with Crippen LogP contribution in [0.3, 0.4) is 0 Å². The normalized spacial score (nSPS) is 24.6. The summed E-state index contributed by atoms with van der Waals surface area (Å²) in [5.74, 6) is -4.40. The van der Waals surface area contributed by atoms with Gasteiger partial charge >= 0.3 is 10.2 Å². The minimum absolute atomic E-state index is 0.0257. The molecule has 2 amide bonds. The Labute approximate surface area is 333 Å². The lowest BCUT2D eigenvalue weighted by Crippen LogP contribution is -2.51. The molecule has 1 fully saturated rings. The van der Waals surface area contributed by atoms with Gasteiger partial charge in [-0.05, 0) is 91.3 Å². The van der Waals surface area contributed by atoms with Crippen LogP contribution < -0.4 is 19.7 Å². The van der Waals surface area contributed by atoms with E-state index in [4.69, 9.17) is 26.2 Å². The highest BCUT2D eigenvalue weighted by atomic mass is 35.5. The Morgan fingerprint density at radius 2 is 1.93 bits per heavy atom. The van der Waals surface area contributed by atoms with Crippen molar-refractivity contribution in [3.05, 3.63) is 70.3 Å². The van der Waals surface area contributed by atoms with E-state index in [1.165, 1.54) is 32.1 Å². The first-order valence-electron chi connectivity index (χ1n) is 19.0. The average Bonchev–Trinajstić information content (AvgIpc) is 3.17. The van der Waals surface area contributed by atoms with Crippen LogP contribution >= 0.6 is 11.6 Å². The summed E-state index contributed by atoms with van der Waals surface area (Å²) in [5.41, 5.74) is 0.0573. The molecule has 2 heterocycles. The molecule has 2 aromatic rings. The van der Waals surface area contributed by atoms with Gasteiger partial charge in [0.05, 0.1) is 31.4 Å². The molecular formula is C39H54ClF2N5O8S. The van der Waals surface area contributed by atoms with Crippen molar-refractivity contribution in [2.24, 2.45) is 11.8 Å². The standard InChI is InChI=1S/C39H54ClF2N5O8S/c1-45(2)56(52,53)44-37(50)39(51)22-36(49)46(3)17-6-5-9-34(54-19-16-43-25-38(41,42)26-48)32-14-11-28(32)23-47-18-7-4-8-27-20-31(40)13-10-29(27)24-55-35-15-12-30(39)21-33(35)47/h5,9-10,12-13,15,20-21,28,32,34,43,48,51H,4,6-8,11,14,16-19,22-26H2,1-3H3,(H,44,50)/b9-5+/t28-,32+,34-,39?/m0/s1. The molecule has 2 aliphatic heterocycles. The fourth-order valence-electron chi connectivity index (χ4n) is 7.23. The number of alkyl halides is 2. The maximum atomic E-state index is 13.9. The summed E-state index contributed by atoms with van der Waals surface area (Å²) in [6.45, 7) is -0.0225. The van der Waals surface area contributed by atoms with Crippen molar-refractivity contribution in [3.8, 4) is 5.75 Å². The number of aliphatic hydroxyl groups excluding tert-OH is 1. The molecule has 0 aromatic heterocycles. The van der Waals surface area contributed by atoms with Crippen LogP contribution in [-0.2, 0) is 43.2 Å². The van der Waals surface area contributed by atoms with E-state index in [0.717, 1.165) is 47.5 Å². The van der Waals surface area contributed by atoms with Crippen molar-refractivity contribution in [2.75, 3.05) is 72.0 Å². The number of aliphatic hydroxyl groups is 2. The third-order valence-corrected chi connectivity index (χ3v) is 12.5. The monoisotopic (exact) mass is 825 g/mol. The number of hydrogen-bond acceptors (Lipinski definition) is 10. The van der Waals surface area contributed by atoms with E-state index >= 15 is 0 Å². The first-order valence-corrected chi connectivity index (χ1v) is 20.8. The number of nitrogens with zero attached hydrogens (tertiary/aromatic N) is 3. The third-order valence-electron chi connectivity index (χ3n) is 10.9. The van der Waals surface area contributed by atoms with E-state index in [0.29, 0.717) is 36.0 Å². The molecular weight excluding hydrogens is 772 g/mol. The number of carbonyl (C=O) groups excluding carboxylic acids is 2. The van der Waals surface area contributed by atoms with Crippen LogP contribution in [0.4, 0.5) is 14.5 Å². The third kappa shape index (κ3) is 11.0. The molecule has 0 saturated heterocycles. The molecule has 4 N–H and O–H groups in total. The highest BCUT2D eigenvalue weighted by Crippen LogP contribution is 2.43. The van der Waals surface area contributed by atoms with Crippen molar-refractivity contribution < 1.29 is 46.5 Å². The lowest BCUT2D eigenvalue weighted by Gasteiger charge is -2.44. The van der Waals surface area contributed by atoms with Gasteiger partial charge in [-0.2, -0.15) is 12.7 Å². The Hall–Kier alpha value is -3.38. The summed E-state index contributed by atoms with van der Waals surface area (Å²) in [4.78, 5) is 31.1. The van der Waals surface area contributed by atoms with Gasteiger partial charge in [0, 0.05) is 52.3 Å². The molecule has 5 rings (SSSR count). The van der Waals surface area contributed by atoms with Crippen LogP contribution in [0.15, 0.2) is 48.6 Å². The number of fused-ring (bicyclic) bond motifs is 3. The van der Waals surface area contributed by atoms with E-state index in [9.17, 15) is 31.9 Å². The number of ether oxygens (including phenoxy) is 2. The minimum Gasteiger partial charge on any atom is -0.487 e. The van der Waals surface area contributed by atoms with E-state index in [1.807, 2.05) is 35.1 Å². The molecule has 56 heavy (non-hydrogen) atoms. The van der Waals surface area contributed by atoms with Gasteiger partial charge in [-0.1, -0.05) is 35.9 Å². The van der Waals surface area contributed by atoms with Crippen LogP contribution in [0, 0.1) is 11.8 Å². The number of amides is 2. The molecule has 1 aliphatic carbocycles. The Morgan fingerprint density at radius 3 is 2.64 bits per heavy atom. The number of halogens is 3. The summed E-state index contributed by atoms with van der Waals surface area (Å²) in [6.07, 6.45) is 7.32. The minimum atomic E-state index is -4.34. The predicted octanol–water partition coefficient (Wildman–Crippen LogP) is 3.61. The van der Waals surface area contributed by atoms with Crippen LogP contribution in [0.1, 0.15) is 55.2 Å². The number of aryl methyl sites for hydroxylation is 1. The van der Waals surface area contributed by atoms with E-state index in [-0.39, 0.29) is 49.8 Å². The van der Waals surface area contributed by atoms with Gasteiger partial charge in [0.1, 0.15) is 19.0 Å². The Bertz CT molecular complexity index is 1840. The Morgan fingerprint density at radius 1 is 1.14 bits per heavy atom. The quantitative estimate of drug-likeness (QED) is 0.206. The topological polar surface area (TPSA) is 161 Å². The molecule has 4 atom stereocenters. The summed E-state index contributed by atoms with van der Waals surface area (Å²) < 4.78 is 68.4. The highest BCUT2D eigenvalue weighted by molar-refractivity contribution is 7.87. The molecule has 3 aliphatic rings. The van der Waals surface area contributed by atoms with Gasteiger partial charge in [-0.25, -0.2) is 13.5 Å². The van der Waals surface area contributed by atoms with Crippen molar-refractivity contribution >= 4 is 39.3 Å². The van der Waals surface area contributed by atoms with E-state index < -0.39 is 53.1 Å².